The smallest absolute Gasteiger partial charge is 0.320 e. The van der Waals surface area contributed by atoms with Crippen LogP contribution in [0.4, 0.5) is 5.82 Å². The van der Waals surface area contributed by atoms with Crippen LogP contribution in [0.25, 0.3) is 0 Å². The minimum Gasteiger partial charge on any atom is -0.495 e. The fraction of sp³-hybridized carbons (Fsp3) is 0.522. The molecule has 0 unspecified atom stereocenters. The van der Waals surface area contributed by atoms with Gasteiger partial charge in [0.15, 0.2) is 0 Å². The number of hydrogen-bond acceptors (Lipinski definition) is 7. The lowest BCUT2D eigenvalue weighted by Crippen LogP contribution is -2.37. The summed E-state index contributed by atoms with van der Waals surface area (Å²) < 4.78 is 10.9. The predicted octanol–water partition coefficient (Wildman–Crippen LogP) is 3.47. The molecule has 8 nitrogen and oxygen atoms in total. The van der Waals surface area contributed by atoms with E-state index in [1.165, 1.54) is 18.9 Å². The molecule has 3 heterocycles. The lowest BCUT2D eigenvalue weighted by Gasteiger charge is -2.17. The number of anilines is 1. The van der Waals surface area contributed by atoms with Crippen LogP contribution in [0.15, 0.2) is 24.5 Å². The summed E-state index contributed by atoms with van der Waals surface area (Å²) in [6.07, 6.45) is 8.47. The van der Waals surface area contributed by atoms with Crippen molar-refractivity contribution >= 4 is 23.4 Å². The fourth-order valence-corrected chi connectivity index (χ4v) is 3.87. The second-order valence-corrected chi connectivity index (χ2v) is 8.18. The third kappa shape index (κ3) is 7.05. The van der Waals surface area contributed by atoms with E-state index in [0.29, 0.717) is 36.0 Å². The van der Waals surface area contributed by atoms with Crippen molar-refractivity contribution in [1.82, 2.24) is 15.3 Å². The molecule has 1 aliphatic heterocycles. The van der Waals surface area contributed by atoms with Gasteiger partial charge in [0.2, 0.25) is 0 Å². The third-order valence-electron chi connectivity index (χ3n) is 5.48. The summed E-state index contributed by atoms with van der Waals surface area (Å²) in [7, 11) is 1.53. The zero-order valence-electron chi connectivity index (χ0n) is 18.4. The molecule has 0 saturated carbocycles. The maximum atomic E-state index is 11.6. The number of carbonyl (C=O) groups is 1. The number of carboxylic acid groups (broad SMARTS) is 1. The third-order valence-corrected chi connectivity index (χ3v) is 5.81. The number of halogens is 1. The van der Waals surface area contributed by atoms with Gasteiger partial charge in [-0.05, 0) is 50.2 Å². The number of pyridine rings is 2. The van der Waals surface area contributed by atoms with E-state index in [1.54, 1.807) is 6.20 Å². The Kier molecular flexibility index (Phi) is 9.52. The van der Waals surface area contributed by atoms with Crippen LogP contribution in [0.2, 0.25) is 5.02 Å². The van der Waals surface area contributed by atoms with Gasteiger partial charge in [-0.15, -0.1) is 0 Å². The molecule has 0 radical (unpaired) electrons. The lowest BCUT2D eigenvalue weighted by atomic mass is 10.1. The summed E-state index contributed by atoms with van der Waals surface area (Å²) in [6.45, 7) is 2.22. The second kappa shape index (κ2) is 12.6. The van der Waals surface area contributed by atoms with Crippen LogP contribution in [0.1, 0.15) is 42.5 Å². The highest BCUT2D eigenvalue weighted by Crippen LogP contribution is 2.24. The monoisotopic (exact) mass is 462 g/mol. The maximum Gasteiger partial charge on any atom is 0.320 e. The van der Waals surface area contributed by atoms with Gasteiger partial charge >= 0.3 is 5.97 Å². The summed E-state index contributed by atoms with van der Waals surface area (Å²) in [4.78, 5) is 20.3. The quantitative estimate of drug-likeness (QED) is 0.388. The average molecular weight is 463 g/mol. The predicted molar refractivity (Wildman–Crippen MR) is 123 cm³/mol. The van der Waals surface area contributed by atoms with E-state index < -0.39 is 12.0 Å². The van der Waals surface area contributed by atoms with Crippen LogP contribution in [-0.2, 0) is 28.9 Å². The van der Waals surface area contributed by atoms with E-state index in [4.69, 9.17) is 26.1 Å². The van der Waals surface area contributed by atoms with Gasteiger partial charge in [-0.1, -0.05) is 17.7 Å². The van der Waals surface area contributed by atoms with Gasteiger partial charge in [-0.25, -0.2) is 4.98 Å². The molecule has 0 spiro atoms. The molecular formula is C23H31ClN4O4. The van der Waals surface area contributed by atoms with Gasteiger partial charge < -0.3 is 25.2 Å². The van der Waals surface area contributed by atoms with Crippen LogP contribution >= 0.6 is 11.6 Å². The van der Waals surface area contributed by atoms with Gasteiger partial charge in [0.05, 0.1) is 18.3 Å². The van der Waals surface area contributed by atoms with Crippen LogP contribution in [0.5, 0.6) is 5.75 Å². The first-order chi connectivity index (χ1) is 15.6. The van der Waals surface area contributed by atoms with E-state index in [9.17, 15) is 9.90 Å². The van der Waals surface area contributed by atoms with E-state index in [0.717, 1.165) is 50.2 Å². The number of unbranched alkanes of at least 4 members (excludes halogenated alkanes) is 1. The molecule has 1 aliphatic rings. The number of hydrogen-bond donors (Lipinski definition) is 3. The van der Waals surface area contributed by atoms with Crippen LogP contribution in [-0.4, -0.2) is 54.0 Å². The molecule has 174 valence electrons. The summed E-state index contributed by atoms with van der Waals surface area (Å²) in [5, 5.41) is 16.3. The maximum absolute atomic E-state index is 11.6. The molecular weight excluding hydrogens is 432 g/mol. The zero-order valence-corrected chi connectivity index (χ0v) is 19.2. The highest BCUT2D eigenvalue weighted by molar-refractivity contribution is 6.31. The fourth-order valence-electron chi connectivity index (χ4n) is 3.65. The Morgan fingerprint density at radius 2 is 2.19 bits per heavy atom. The SMILES string of the molecule is COc1cncc(Cl)c1CN[C@@H](CCOCCCCc1ccc2c(n1)NCCC2)C(=O)O. The van der Waals surface area contributed by atoms with Crippen molar-refractivity contribution in [3.8, 4) is 5.75 Å². The molecule has 3 rings (SSSR count). The van der Waals surface area contributed by atoms with E-state index in [1.807, 2.05) is 0 Å². The van der Waals surface area contributed by atoms with E-state index >= 15 is 0 Å². The first kappa shape index (κ1) is 24.2. The molecule has 0 bridgehead atoms. The Labute approximate surface area is 193 Å². The molecule has 3 N–H and O–H groups in total. The highest BCUT2D eigenvalue weighted by atomic mass is 35.5. The van der Waals surface area contributed by atoms with E-state index in [-0.39, 0.29) is 6.54 Å². The number of aryl methyl sites for hydroxylation is 2. The number of nitrogens with zero attached hydrogens (tertiary/aromatic N) is 2. The van der Waals surface area contributed by atoms with Crippen LogP contribution in [0.3, 0.4) is 0 Å². The van der Waals surface area contributed by atoms with Gasteiger partial charge in [0.25, 0.3) is 0 Å². The van der Waals surface area contributed by atoms with Crippen molar-refractivity contribution in [3.05, 3.63) is 46.4 Å². The number of aromatic nitrogens is 2. The molecule has 2 aromatic rings. The van der Waals surface area contributed by atoms with Gasteiger partial charge in [-0.3, -0.25) is 9.78 Å². The Morgan fingerprint density at radius 1 is 1.31 bits per heavy atom. The first-order valence-corrected chi connectivity index (χ1v) is 11.4. The molecule has 0 aromatic carbocycles. The molecule has 0 saturated heterocycles. The van der Waals surface area contributed by atoms with Crippen molar-refractivity contribution in [1.29, 1.82) is 0 Å². The summed E-state index contributed by atoms with van der Waals surface area (Å²) in [5.41, 5.74) is 3.08. The molecule has 0 aliphatic carbocycles. The number of ether oxygens (including phenoxy) is 2. The van der Waals surface area contributed by atoms with Gasteiger partial charge in [0, 0.05) is 43.8 Å². The number of rotatable bonds is 13. The van der Waals surface area contributed by atoms with Crippen molar-refractivity contribution in [3.63, 3.8) is 0 Å². The molecule has 32 heavy (non-hydrogen) atoms. The van der Waals surface area contributed by atoms with E-state index in [2.05, 4.69) is 27.8 Å². The molecule has 9 heteroatoms. The van der Waals surface area contributed by atoms with Gasteiger partial charge in [0.1, 0.15) is 17.6 Å². The zero-order chi connectivity index (χ0) is 22.8. The van der Waals surface area contributed by atoms with Crippen molar-refractivity contribution in [2.75, 3.05) is 32.2 Å². The Balaban J connectivity index is 1.33. The molecule has 2 aromatic heterocycles. The van der Waals surface area contributed by atoms with Crippen molar-refractivity contribution in [2.24, 2.45) is 0 Å². The van der Waals surface area contributed by atoms with Crippen LogP contribution < -0.4 is 15.4 Å². The minimum atomic E-state index is -0.926. The number of methoxy groups -OCH3 is 1. The summed E-state index contributed by atoms with van der Waals surface area (Å²) >= 11 is 6.16. The number of aliphatic carboxylic acids is 1. The molecule has 0 fully saturated rings. The normalized spacial score (nSPS) is 13.8. The lowest BCUT2D eigenvalue weighted by molar-refractivity contribution is -0.140. The standard InChI is InChI=1S/C23H31ClN4O4/c1-31-21-15-25-14-19(24)18(21)13-27-20(23(29)30)9-12-32-11-3-2-6-17-8-7-16-5-4-10-26-22(16)28-17/h7-8,14-15,20,27H,2-6,9-13H2,1H3,(H,26,28)(H,29,30)/t20-/m0/s1. The summed E-state index contributed by atoms with van der Waals surface area (Å²) in [6, 6.07) is 3.55. The topological polar surface area (TPSA) is 106 Å². The van der Waals surface area contributed by atoms with Crippen LogP contribution in [0, 0.1) is 0 Å². The second-order valence-electron chi connectivity index (χ2n) is 7.77. The van der Waals surface area contributed by atoms with Crippen molar-refractivity contribution < 1.29 is 19.4 Å². The van der Waals surface area contributed by atoms with Gasteiger partial charge in [-0.2, -0.15) is 0 Å². The average Bonchev–Trinajstić information content (AvgIpc) is 2.80. The minimum absolute atomic E-state index is 0.268. The first-order valence-electron chi connectivity index (χ1n) is 11.0. The largest absolute Gasteiger partial charge is 0.495 e. The Morgan fingerprint density at radius 3 is 3.00 bits per heavy atom. The molecule has 0 amide bonds. The summed E-state index contributed by atoms with van der Waals surface area (Å²) in [5.74, 6) is 0.627. The molecule has 1 atom stereocenters. The number of fused-ring (bicyclic) bond motifs is 1. The van der Waals surface area contributed by atoms with Crippen molar-refractivity contribution in [2.45, 2.75) is 51.1 Å². The Bertz CT molecular complexity index is 896. The number of nitrogens with one attached hydrogen (secondary N) is 2. The number of carboxylic acids is 1. The highest BCUT2D eigenvalue weighted by Gasteiger charge is 2.18. The Hall–Kier alpha value is -2.42.